The van der Waals surface area contributed by atoms with Crippen molar-refractivity contribution in [3.05, 3.63) is 12.2 Å². The molecule has 0 radical (unpaired) electrons. The maximum Gasteiger partial charge on any atom is 0.185 e. The highest BCUT2D eigenvalue weighted by Gasteiger charge is 2.31. The van der Waals surface area contributed by atoms with Gasteiger partial charge in [0.15, 0.2) is 6.34 Å². The Hall–Kier alpha value is -0.380. The Morgan fingerprint density at radius 1 is 0.641 bits per heavy atom. The zero-order chi connectivity index (χ0) is 27.4. The molecule has 3 nitrogen and oxygen atoms in total. The van der Waals surface area contributed by atoms with Gasteiger partial charge in [0.05, 0.1) is 13.1 Å². The molecule has 0 amide bonds. The van der Waals surface area contributed by atoms with E-state index >= 15 is 0 Å². The van der Waals surface area contributed by atoms with Crippen LogP contribution in [0.4, 0.5) is 0 Å². The fraction of sp³-hybridized carbons (Fsp3) is 0.914. The van der Waals surface area contributed by atoms with E-state index in [4.69, 9.17) is 0 Å². The van der Waals surface area contributed by atoms with E-state index in [9.17, 15) is 5.11 Å². The summed E-state index contributed by atoms with van der Waals surface area (Å²) < 4.78 is 0.933. The van der Waals surface area contributed by atoms with Crippen LogP contribution in [0.25, 0.3) is 0 Å². The molecule has 0 saturated carbocycles. The van der Waals surface area contributed by atoms with Crippen molar-refractivity contribution in [2.75, 3.05) is 26.2 Å². The molecule has 1 aliphatic rings. The summed E-state index contributed by atoms with van der Waals surface area (Å²) in [5, 5.41) is 10.8. The molecule has 0 bridgehead atoms. The summed E-state index contributed by atoms with van der Waals surface area (Å²) in [6.07, 6.45) is 40.4. The lowest BCUT2D eigenvalue weighted by atomic mass is 10.0. The number of hydrogen-bond acceptors (Lipinski definition) is 2. The summed E-state index contributed by atoms with van der Waals surface area (Å²) in [4.78, 5) is 4.57. The third kappa shape index (κ3) is 24.0. The number of nitrogens with zero attached hydrogens (tertiary/aromatic N) is 2. The highest BCUT2D eigenvalue weighted by atomic mass is 35.5. The van der Waals surface area contributed by atoms with Crippen molar-refractivity contribution in [2.45, 2.75) is 180 Å². The minimum Gasteiger partial charge on any atom is -1.00 e. The predicted octanol–water partition coefficient (Wildman–Crippen LogP) is 7.56. The van der Waals surface area contributed by atoms with Gasteiger partial charge in [-0.25, -0.2) is 4.99 Å². The minimum atomic E-state index is -0.164. The second kappa shape index (κ2) is 29.1. The van der Waals surface area contributed by atoms with E-state index in [1.165, 1.54) is 161 Å². The number of rotatable bonds is 29. The van der Waals surface area contributed by atoms with Gasteiger partial charge in [-0.1, -0.05) is 142 Å². The SMILES string of the molecule is CCCCCCCC/C=C\CCCCCCCC[N+]1(CC(O)CCCCCCCCCCCC)C=NCC1.[Cl-]. The van der Waals surface area contributed by atoms with Gasteiger partial charge in [0.1, 0.15) is 19.2 Å². The Bertz CT molecular complexity index is 553. The molecule has 2 atom stereocenters. The maximum absolute atomic E-state index is 10.8. The standard InChI is InChI=1S/C35H69N2O.ClH/c1-3-5-7-9-11-13-15-16-17-18-19-20-22-24-26-28-31-37(32-30-36-34-37)33-35(38)29-27-25-23-21-14-12-10-8-6-4-2;/h16-17,34-35,38H,3-15,18-33H2,1-2H3;1H/q+1;/p-1/b17-16-;. The predicted molar refractivity (Wildman–Crippen MR) is 170 cm³/mol. The third-order valence-electron chi connectivity index (χ3n) is 8.58. The van der Waals surface area contributed by atoms with Crippen LogP contribution in [0.5, 0.6) is 0 Å². The van der Waals surface area contributed by atoms with E-state index in [0.29, 0.717) is 0 Å². The average Bonchev–Trinajstić information content (AvgIpc) is 3.37. The quantitative estimate of drug-likeness (QED) is 0.0563. The van der Waals surface area contributed by atoms with Crippen molar-refractivity contribution in [2.24, 2.45) is 4.99 Å². The van der Waals surface area contributed by atoms with Crippen LogP contribution in [0.15, 0.2) is 17.1 Å². The van der Waals surface area contributed by atoms with E-state index in [1.807, 2.05) is 0 Å². The van der Waals surface area contributed by atoms with Crippen molar-refractivity contribution in [3.63, 3.8) is 0 Å². The zero-order valence-electron chi connectivity index (χ0n) is 26.5. The lowest BCUT2D eigenvalue weighted by Gasteiger charge is -2.32. The van der Waals surface area contributed by atoms with Gasteiger partial charge in [0.2, 0.25) is 0 Å². The van der Waals surface area contributed by atoms with Gasteiger partial charge in [-0.15, -0.1) is 0 Å². The molecule has 1 heterocycles. The molecule has 2 unspecified atom stereocenters. The van der Waals surface area contributed by atoms with Crippen molar-refractivity contribution >= 4 is 6.34 Å². The number of unbranched alkanes of at least 4 members (excludes halogenated alkanes) is 21. The lowest BCUT2D eigenvalue weighted by Crippen LogP contribution is -3.00. The summed E-state index contributed by atoms with van der Waals surface area (Å²) in [6, 6.07) is 0. The Kier molecular flexibility index (Phi) is 28.8. The molecule has 1 rings (SSSR count). The lowest BCUT2D eigenvalue weighted by molar-refractivity contribution is -0.832. The smallest absolute Gasteiger partial charge is 0.185 e. The zero-order valence-corrected chi connectivity index (χ0v) is 27.3. The monoisotopic (exact) mass is 569 g/mol. The first-order chi connectivity index (χ1) is 18.7. The summed E-state index contributed by atoms with van der Waals surface area (Å²) in [5.74, 6) is 0. The van der Waals surface area contributed by atoms with E-state index in [-0.39, 0.29) is 18.5 Å². The topological polar surface area (TPSA) is 32.6 Å². The molecule has 0 aromatic carbocycles. The largest absolute Gasteiger partial charge is 1.00 e. The Morgan fingerprint density at radius 2 is 1.08 bits per heavy atom. The number of aliphatic imine (C=N–C) groups is 1. The van der Waals surface area contributed by atoms with Crippen molar-refractivity contribution < 1.29 is 22.0 Å². The van der Waals surface area contributed by atoms with Crippen molar-refractivity contribution in [1.29, 1.82) is 0 Å². The molecule has 232 valence electrons. The van der Waals surface area contributed by atoms with Gasteiger partial charge in [0, 0.05) is 0 Å². The number of aliphatic hydroxyl groups excluding tert-OH is 1. The van der Waals surface area contributed by atoms with Gasteiger partial charge in [0.25, 0.3) is 0 Å². The summed E-state index contributed by atoms with van der Waals surface area (Å²) in [7, 11) is 0. The molecule has 4 heteroatoms. The van der Waals surface area contributed by atoms with Crippen molar-refractivity contribution in [3.8, 4) is 0 Å². The minimum absolute atomic E-state index is 0. The number of halogens is 1. The number of aliphatic hydroxyl groups is 1. The molecule has 0 saturated heterocycles. The molecule has 39 heavy (non-hydrogen) atoms. The van der Waals surface area contributed by atoms with Crippen LogP contribution in [0.1, 0.15) is 174 Å². The van der Waals surface area contributed by atoms with Crippen LogP contribution in [0, 0.1) is 0 Å². The fourth-order valence-electron chi connectivity index (χ4n) is 6.00. The first kappa shape index (κ1) is 38.6. The van der Waals surface area contributed by atoms with E-state index in [0.717, 1.165) is 30.5 Å². The Morgan fingerprint density at radius 3 is 1.54 bits per heavy atom. The molecule has 0 aromatic heterocycles. The average molecular weight is 569 g/mol. The molecular formula is C35H69ClN2O. The highest BCUT2D eigenvalue weighted by Crippen LogP contribution is 2.18. The van der Waals surface area contributed by atoms with Crippen LogP contribution >= 0.6 is 0 Å². The van der Waals surface area contributed by atoms with Crippen LogP contribution < -0.4 is 12.4 Å². The van der Waals surface area contributed by atoms with E-state index in [2.05, 4.69) is 37.3 Å². The molecule has 0 aliphatic carbocycles. The van der Waals surface area contributed by atoms with E-state index in [1.54, 1.807) is 0 Å². The van der Waals surface area contributed by atoms with Gasteiger partial charge in [-0.3, -0.25) is 4.48 Å². The van der Waals surface area contributed by atoms with Gasteiger partial charge < -0.3 is 17.5 Å². The van der Waals surface area contributed by atoms with Crippen LogP contribution in [-0.2, 0) is 0 Å². The van der Waals surface area contributed by atoms with Gasteiger partial charge in [-0.05, 0) is 44.9 Å². The summed E-state index contributed by atoms with van der Waals surface area (Å²) in [5.41, 5.74) is 0. The normalized spacial score (nSPS) is 17.7. The second-order valence-corrected chi connectivity index (χ2v) is 12.4. The summed E-state index contributed by atoms with van der Waals surface area (Å²) >= 11 is 0. The molecule has 0 spiro atoms. The van der Waals surface area contributed by atoms with E-state index < -0.39 is 0 Å². The second-order valence-electron chi connectivity index (χ2n) is 12.4. The highest BCUT2D eigenvalue weighted by molar-refractivity contribution is 5.48. The molecular weight excluding hydrogens is 500 g/mol. The van der Waals surface area contributed by atoms with Gasteiger partial charge in [-0.2, -0.15) is 0 Å². The van der Waals surface area contributed by atoms with Crippen LogP contribution in [-0.4, -0.2) is 48.2 Å². The third-order valence-corrected chi connectivity index (χ3v) is 8.58. The first-order valence-corrected chi connectivity index (χ1v) is 17.4. The first-order valence-electron chi connectivity index (χ1n) is 17.4. The molecule has 1 aliphatic heterocycles. The van der Waals surface area contributed by atoms with Crippen LogP contribution in [0.2, 0.25) is 0 Å². The fourth-order valence-corrected chi connectivity index (χ4v) is 6.00. The number of hydrogen-bond donors (Lipinski definition) is 1. The molecule has 0 aromatic rings. The Balaban J connectivity index is 0.0000144. The maximum atomic E-state index is 10.8. The van der Waals surface area contributed by atoms with Crippen molar-refractivity contribution in [1.82, 2.24) is 0 Å². The molecule has 0 fully saturated rings. The number of quaternary nitrogens is 1. The summed E-state index contributed by atoms with van der Waals surface area (Å²) in [6.45, 7) is 8.66. The Labute approximate surface area is 251 Å². The molecule has 1 N–H and O–H groups in total. The number of allylic oxidation sites excluding steroid dienone is 2. The van der Waals surface area contributed by atoms with Crippen LogP contribution in [0.3, 0.4) is 0 Å². The van der Waals surface area contributed by atoms with Gasteiger partial charge >= 0.3 is 0 Å².